The van der Waals surface area contributed by atoms with Crippen molar-refractivity contribution in [2.75, 3.05) is 41.4 Å². The highest BCUT2D eigenvalue weighted by Crippen LogP contribution is 2.45. The van der Waals surface area contributed by atoms with Gasteiger partial charge in [0.2, 0.25) is 5.75 Å². The number of azide groups is 1. The molecule has 1 unspecified atom stereocenters. The molecule has 0 aliphatic heterocycles. The Morgan fingerprint density at radius 1 is 1.14 bits per heavy atom. The third-order valence-corrected chi connectivity index (χ3v) is 6.11. The summed E-state index contributed by atoms with van der Waals surface area (Å²) in [6.07, 6.45) is 1.41. The molecule has 0 amide bonds. The largest absolute Gasteiger partial charge is 0.493 e. The third kappa shape index (κ3) is 7.43. The predicted molar refractivity (Wildman–Crippen MR) is 141 cm³/mol. The molecule has 0 heterocycles. The predicted octanol–water partition coefficient (Wildman–Crippen LogP) is 6.45. The van der Waals surface area contributed by atoms with Crippen LogP contribution in [0.4, 0.5) is 5.69 Å². The van der Waals surface area contributed by atoms with Crippen molar-refractivity contribution in [3.05, 3.63) is 58.0 Å². The molecule has 2 rings (SSSR count). The lowest BCUT2D eigenvalue weighted by molar-refractivity contribution is 0.290. The smallest absolute Gasteiger partial charge is 0.203 e. The number of methoxy groups -OCH3 is 3. The van der Waals surface area contributed by atoms with Gasteiger partial charge in [0.1, 0.15) is 0 Å². The number of hydrogen-bond donors (Lipinski definition) is 0. The molecule has 2 aromatic rings. The van der Waals surface area contributed by atoms with E-state index in [4.69, 9.17) is 23.9 Å². The van der Waals surface area contributed by atoms with E-state index >= 15 is 0 Å². The highest BCUT2D eigenvalue weighted by Gasteiger charge is 2.37. The van der Waals surface area contributed by atoms with Gasteiger partial charge in [0.15, 0.2) is 11.5 Å². The van der Waals surface area contributed by atoms with Crippen molar-refractivity contribution in [2.24, 2.45) is 11.0 Å². The molecule has 1 atom stereocenters. The lowest BCUT2D eigenvalue weighted by Gasteiger charge is -2.33. The van der Waals surface area contributed by atoms with Crippen LogP contribution in [0.1, 0.15) is 41.9 Å². The molecule has 0 aliphatic rings. The van der Waals surface area contributed by atoms with E-state index in [2.05, 4.69) is 16.1 Å². The summed E-state index contributed by atoms with van der Waals surface area (Å²) in [7, 11) is 4.58. The standard InChI is InChI=1S/C26H35N5O3.ClH/c1-19(2)26(18-27,21-16-23(32-4)25(34-6)24(17-21)33-5)12-8-13-31(3)14-11-20-9-7-10-22(15-20)29-30-28;/h7,9-10,15-17,19H,8,11-14H2,1-6H3;1H/i3T3;. The van der Waals surface area contributed by atoms with E-state index < -0.39 is 12.4 Å². The zero-order chi connectivity index (χ0) is 27.6. The Bertz CT molecular complexity index is 1120. The number of rotatable bonds is 13. The van der Waals surface area contributed by atoms with Crippen molar-refractivity contribution in [2.45, 2.75) is 38.5 Å². The molecule has 35 heavy (non-hydrogen) atoms. The van der Waals surface area contributed by atoms with Crippen LogP contribution in [0.25, 0.3) is 10.4 Å². The lowest BCUT2D eigenvalue weighted by Crippen LogP contribution is -2.32. The topological polar surface area (TPSA) is 103 Å². The molecule has 0 bridgehead atoms. The average Bonchev–Trinajstić information content (AvgIpc) is 2.87. The Kier molecular flexibility index (Phi) is 10.2. The van der Waals surface area contributed by atoms with Crippen molar-refractivity contribution in [3.63, 3.8) is 0 Å². The van der Waals surface area contributed by atoms with Crippen molar-refractivity contribution in [1.82, 2.24) is 4.90 Å². The summed E-state index contributed by atoms with van der Waals surface area (Å²) < 4.78 is 40.5. The Balaban J connectivity index is 0.00000722. The number of nitrogens with zero attached hydrogens (tertiary/aromatic N) is 5. The van der Waals surface area contributed by atoms with Crippen molar-refractivity contribution in [3.8, 4) is 23.3 Å². The molecule has 2 aromatic carbocycles. The molecule has 190 valence electrons. The number of benzene rings is 2. The van der Waals surface area contributed by atoms with Gasteiger partial charge in [0.25, 0.3) is 0 Å². The molecule has 0 saturated carbocycles. The molecule has 0 aromatic heterocycles. The molecular formula is C26H36ClN5O3. The highest BCUT2D eigenvalue weighted by atomic mass is 35.5. The van der Waals surface area contributed by atoms with Crippen LogP contribution in [-0.4, -0.2) is 46.3 Å². The van der Waals surface area contributed by atoms with Crippen LogP contribution in [0.3, 0.4) is 0 Å². The number of ether oxygens (including phenoxy) is 3. The number of hydrogen-bond acceptors (Lipinski definition) is 6. The summed E-state index contributed by atoms with van der Waals surface area (Å²) in [6.45, 7) is 2.24. The van der Waals surface area contributed by atoms with Crippen LogP contribution >= 0.6 is 12.4 Å². The van der Waals surface area contributed by atoms with Crippen molar-refractivity contribution in [1.29, 1.82) is 5.26 Å². The second kappa shape index (κ2) is 14.3. The van der Waals surface area contributed by atoms with Gasteiger partial charge in [-0.3, -0.25) is 0 Å². The van der Waals surface area contributed by atoms with Gasteiger partial charge >= 0.3 is 0 Å². The van der Waals surface area contributed by atoms with Gasteiger partial charge in [-0.25, -0.2) is 0 Å². The quantitative estimate of drug-likeness (QED) is 0.176. The average molecular weight is 508 g/mol. The summed E-state index contributed by atoms with van der Waals surface area (Å²) in [5, 5.41) is 14.0. The van der Waals surface area contributed by atoms with Gasteiger partial charge in [-0.15, -0.1) is 12.4 Å². The Hall–Kier alpha value is -3.11. The van der Waals surface area contributed by atoms with Crippen LogP contribution in [0, 0.1) is 17.2 Å². The fourth-order valence-corrected chi connectivity index (χ4v) is 4.10. The summed E-state index contributed by atoms with van der Waals surface area (Å²) in [5.41, 5.74) is 9.86. The van der Waals surface area contributed by atoms with Crippen LogP contribution in [-0.2, 0) is 11.8 Å². The first-order valence-corrected chi connectivity index (χ1v) is 11.2. The Morgan fingerprint density at radius 2 is 1.83 bits per heavy atom. The molecule has 9 heteroatoms. The van der Waals surface area contributed by atoms with Crippen LogP contribution in [0.5, 0.6) is 17.2 Å². The molecule has 0 spiro atoms. The minimum atomic E-state index is -2.29. The minimum absolute atomic E-state index is 0. The van der Waals surface area contributed by atoms with Gasteiger partial charge in [-0.1, -0.05) is 37.2 Å². The lowest BCUT2D eigenvalue weighted by atomic mass is 9.69. The Morgan fingerprint density at radius 3 is 2.34 bits per heavy atom. The zero-order valence-corrected chi connectivity index (χ0v) is 21.8. The summed E-state index contributed by atoms with van der Waals surface area (Å²) >= 11 is 0. The first kappa shape index (κ1) is 25.0. The first-order chi connectivity index (χ1) is 17.6. The van der Waals surface area contributed by atoms with Gasteiger partial charge < -0.3 is 19.1 Å². The van der Waals surface area contributed by atoms with E-state index in [-0.39, 0.29) is 24.9 Å². The first-order valence-electron chi connectivity index (χ1n) is 12.7. The van der Waals surface area contributed by atoms with Crippen LogP contribution < -0.4 is 14.2 Å². The fourth-order valence-electron chi connectivity index (χ4n) is 4.10. The summed E-state index contributed by atoms with van der Waals surface area (Å²) in [5.74, 6) is 1.31. The molecule has 0 fully saturated rings. The van der Waals surface area contributed by atoms with E-state index in [1.165, 1.54) is 26.2 Å². The van der Waals surface area contributed by atoms with Crippen LogP contribution in [0.2, 0.25) is 0 Å². The van der Waals surface area contributed by atoms with E-state index in [0.29, 0.717) is 48.7 Å². The molecular weight excluding hydrogens is 466 g/mol. The third-order valence-electron chi connectivity index (χ3n) is 6.11. The highest BCUT2D eigenvalue weighted by molar-refractivity contribution is 5.85. The van der Waals surface area contributed by atoms with Gasteiger partial charge in [0, 0.05) is 21.3 Å². The van der Waals surface area contributed by atoms with Gasteiger partial charge in [0.05, 0.1) is 32.8 Å². The molecule has 0 saturated heterocycles. The van der Waals surface area contributed by atoms with Crippen molar-refractivity contribution >= 4 is 18.1 Å². The molecule has 0 aliphatic carbocycles. The number of likely N-dealkylation sites (N-methyl/N-ethyl adjacent to an activating group) is 1. The zero-order valence-electron chi connectivity index (χ0n) is 23.9. The molecule has 0 radical (unpaired) electrons. The van der Waals surface area contributed by atoms with Gasteiger partial charge in [-0.2, -0.15) is 5.26 Å². The minimum Gasteiger partial charge on any atom is -0.493 e. The fraction of sp³-hybridized carbons (Fsp3) is 0.500. The van der Waals surface area contributed by atoms with E-state index in [9.17, 15) is 5.26 Å². The van der Waals surface area contributed by atoms with E-state index in [1.807, 2.05) is 19.9 Å². The Labute approximate surface area is 219 Å². The maximum atomic E-state index is 10.4. The van der Waals surface area contributed by atoms with Crippen molar-refractivity contribution < 1.29 is 18.3 Å². The second-order valence-corrected chi connectivity index (χ2v) is 8.35. The number of nitriles is 1. The van der Waals surface area contributed by atoms with Gasteiger partial charge in [-0.05, 0) is 73.6 Å². The summed E-state index contributed by atoms with van der Waals surface area (Å²) in [6, 6.07) is 13.2. The monoisotopic (exact) mass is 507 g/mol. The maximum absolute atomic E-state index is 10.4. The molecule has 0 N–H and O–H groups in total. The van der Waals surface area contributed by atoms with E-state index in [0.717, 1.165) is 11.1 Å². The van der Waals surface area contributed by atoms with Crippen LogP contribution in [0.15, 0.2) is 41.5 Å². The summed E-state index contributed by atoms with van der Waals surface area (Å²) in [4.78, 5) is 4.25. The molecule has 8 nitrogen and oxygen atoms in total. The maximum Gasteiger partial charge on any atom is 0.203 e. The SMILES string of the molecule is Cl.[3H]C([3H])([3H])N(CCCC(C#N)(c1cc(OC)c(OC)c(OC)c1)C(C)C)CCc1cccc(N=[N+]=[N-])c1. The normalized spacial score (nSPS) is 13.8. The van der Waals surface area contributed by atoms with E-state index in [1.54, 1.807) is 30.3 Å². The number of halogens is 1. The second-order valence-electron chi connectivity index (χ2n) is 8.35.